The second kappa shape index (κ2) is 7.55. The Morgan fingerprint density at radius 3 is 2.48 bits per heavy atom. The normalized spacial score (nSPS) is 10.5. The van der Waals surface area contributed by atoms with E-state index in [1.807, 2.05) is 18.2 Å². The Bertz CT molecular complexity index is 969. The number of hydrogen-bond donors (Lipinski definition) is 1. The molecule has 2 aromatic carbocycles. The third kappa shape index (κ3) is 4.29. The molecule has 25 heavy (non-hydrogen) atoms. The first kappa shape index (κ1) is 17.3. The number of nitrogens with zero attached hydrogens (tertiary/aromatic N) is 1. The predicted molar refractivity (Wildman–Crippen MR) is 101 cm³/mol. The van der Waals surface area contributed by atoms with E-state index in [1.165, 1.54) is 22.9 Å². The molecule has 3 rings (SSSR count). The molecule has 1 heterocycles. The van der Waals surface area contributed by atoms with Gasteiger partial charge in [0, 0.05) is 28.0 Å². The van der Waals surface area contributed by atoms with E-state index in [0.717, 1.165) is 5.56 Å². The Morgan fingerprint density at radius 2 is 1.76 bits per heavy atom. The molecule has 0 aliphatic carbocycles. The fourth-order valence-corrected chi connectivity index (χ4v) is 2.82. The standard InChI is InChI=1S/C19H14Cl2N2O2/c20-15-8-6-13(17(21)10-15)11-23-12-14(7-9-18(23)24)19(25)22-16-4-2-1-3-5-16/h1-10,12H,11H2,(H,22,25). The molecular formula is C19H14Cl2N2O2. The summed E-state index contributed by atoms with van der Waals surface area (Å²) in [6, 6.07) is 17.1. The second-order valence-corrected chi connectivity index (χ2v) is 6.28. The van der Waals surface area contributed by atoms with Gasteiger partial charge in [-0.3, -0.25) is 9.59 Å². The largest absolute Gasteiger partial charge is 0.322 e. The molecule has 0 bridgehead atoms. The van der Waals surface area contributed by atoms with Crippen molar-refractivity contribution in [2.24, 2.45) is 0 Å². The highest BCUT2D eigenvalue weighted by atomic mass is 35.5. The summed E-state index contributed by atoms with van der Waals surface area (Å²) in [5.74, 6) is -0.290. The lowest BCUT2D eigenvalue weighted by Crippen LogP contribution is -2.22. The molecule has 3 aromatic rings. The molecule has 0 saturated heterocycles. The number of para-hydroxylation sites is 1. The van der Waals surface area contributed by atoms with Crippen LogP contribution in [0.15, 0.2) is 71.7 Å². The number of pyridine rings is 1. The molecule has 1 aromatic heterocycles. The number of anilines is 1. The Labute approximate surface area is 154 Å². The molecule has 0 aliphatic rings. The van der Waals surface area contributed by atoms with Crippen molar-refractivity contribution in [3.8, 4) is 0 Å². The van der Waals surface area contributed by atoms with Gasteiger partial charge in [-0.2, -0.15) is 0 Å². The number of hydrogen-bond acceptors (Lipinski definition) is 2. The zero-order valence-corrected chi connectivity index (χ0v) is 14.6. The van der Waals surface area contributed by atoms with E-state index in [0.29, 0.717) is 21.3 Å². The first-order chi connectivity index (χ1) is 12.0. The van der Waals surface area contributed by atoms with Crippen molar-refractivity contribution in [3.05, 3.63) is 98.4 Å². The van der Waals surface area contributed by atoms with Crippen molar-refractivity contribution >= 4 is 34.8 Å². The molecule has 0 unspecified atom stereocenters. The van der Waals surface area contributed by atoms with E-state index in [9.17, 15) is 9.59 Å². The highest BCUT2D eigenvalue weighted by Gasteiger charge is 2.10. The molecule has 6 heteroatoms. The quantitative estimate of drug-likeness (QED) is 0.734. The van der Waals surface area contributed by atoms with Crippen molar-refractivity contribution in [1.82, 2.24) is 4.57 Å². The van der Waals surface area contributed by atoms with Gasteiger partial charge in [-0.25, -0.2) is 0 Å². The van der Waals surface area contributed by atoms with E-state index in [4.69, 9.17) is 23.2 Å². The first-order valence-electron chi connectivity index (χ1n) is 7.54. The lowest BCUT2D eigenvalue weighted by Gasteiger charge is -2.10. The van der Waals surface area contributed by atoms with Crippen LogP contribution in [-0.2, 0) is 6.54 Å². The van der Waals surface area contributed by atoms with Crippen LogP contribution in [0, 0.1) is 0 Å². The molecule has 126 valence electrons. The number of rotatable bonds is 4. The summed E-state index contributed by atoms with van der Waals surface area (Å²) < 4.78 is 1.44. The van der Waals surface area contributed by atoms with Gasteiger partial charge in [-0.05, 0) is 35.9 Å². The number of carbonyl (C=O) groups excluding carboxylic acids is 1. The van der Waals surface area contributed by atoms with Gasteiger partial charge in [0.05, 0.1) is 12.1 Å². The van der Waals surface area contributed by atoms with Gasteiger partial charge in [-0.15, -0.1) is 0 Å². The van der Waals surface area contributed by atoms with Crippen LogP contribution in [0.2, 0.25) is 10.0 Å². The topological polar surface area (TPSA) is 51.1 Å². The Balaban J connectivity index is 1.85. The van der Waals surface area contributed by atoms with Crippen molar-refractivity contribution in [1.29, 1.82) is 0 Å². The summed E-state index contributed by atoms with van der Waals surface area (Å²) in [6.45, 7) is 0.251. The number of amides is 1. The van der Waals surface area contributed by atoms with E-state index >= 15 is 0 Å². The van der Waals surface area contributed by atoms with Crippen LogP contribution in [0.4, 0.5) is 5.69 Å². The highest BCUT2D eigenvalue weighted by Crippen LogP contribution is 2.21. The maximum atomic E-state index is 12.4. The third-order valence-corrected chi connectivity index (χ3v) is 4.22. The molecule has 4 nitrogen and oxygen atoms in total. The van der Waals surface area contributed by atoms with E-state index in [-0.39, 0.29) is 18.0 Å². The summed E-state index contributed by atoms with van der Waals surface area (Å²) in [5.41, 5.74) is 1.59. The second-order valence-electron chi connectivity index (χ2n) is 5.44. The van der Waals surface area contributed by atoms with Gasteiger partial charge in [0.25, 0.3) is 11.5 Å². The van der Waals surface area contributed by atoms with Crippen molar-refractivity contribution < 1.29 is 4.79 Å². The van der Waals surface area contributed by atoms with Crippen LogP contribution in [0.3, 0.4) is 0 Å². The minimum Gasteiger partial charge on any atom is -0.322 e. The zero-order valence-electron chi connectivity index (χ0n) is 13.1. The summed E-state index contributed by atoms with van der Waals surface area (Å²) in [6.07, 6.45) is 1.52. The zero-order chi connectivity index (χ0) is 17.8. The number of benzene rings is 2. The van der Waals surface area contributed by atoms with Gasteiger partial charge in [0.15, 0.2) is 0 Å². The van der Waals surface area contributed by atoms with Crippen LogP contribution in [-0.4, -0.2) is 10.5 Å². The van der Waals surface area contributed by atoms with E-state index < -0.39 is 0 Å². The summed E-state index contributed by atoms with van der Waals surface area (Å²) in [4.78, 5) is 24.5. The van der Waals surface area contributed by atoms with E-state index in [1.54, 1.807) is 30.3 Å². The van der Waals surface area contributed by atoms with Gasteiger partial charge in [0.2, 0.25) is 0 Å². The van der Waals surface area contributed by atoms with Crippen LogP contribution in [0.5, 0.6) is 0 Å². The molecule has 0 fully saturated rings. The van der Waals surface area contributed by atoms with Crippen molar-refractivity contribution in [2.45, 2.75) is 6.54 Å². The van der Waals surface area contributed by atoms with Gasteiger partial charge in [-0.1, -0.05) is 47.5 Å². The maximum absolute atomic E-state index is 12.4. The van der Waals surface area contributed by atoms with Crippen molar-refractivity contribution in [3.63, 3.8) is 0 Å². The fraction of sp³-hybridized carbons (Fsp3) is 0.0526. The Hall–Kier alpha value is -2.56. The Kier molecular flexibility index (Phi) is 5.22. The number of carbonyl (C=O) groups is 1. The van der Waals surface area contributed by atoms with Crippen LogP contribution < -0.4 is 10.9 Å². The minimum absolute atomic E-state index is 0.220. The van der Waals surface area contributed by atoms with Gasteiger partial charge >= 0.3 is 0 Å². The van der Waals surface area contributed by atoms with Crippen LogP contribution >= 0.6 is 23.2 Å². The smallest absolute Gasteiger partial charge is 0.257 e. The van der Waals surface area contributed by atoms with Crippen LogP contribution in [0.1, 0.15) is 15.9 Å². The average Bonchev–Trinajstić information content (AvgIpc) is 2.60. The first-order valence-corrected chi connectivity index (χ1v) is 8.29. The third-order valence-electron chi connectivity index (χ3n) is 3.63. The molecule has 0 radical (unpaired) electrons. The summed E-state index contributed by atoms with van der Waals surface area (Å²) >= 11 is 12.1. The summed E-state index contributed by atoms with van der Waals surface area (Å²) in [7, 11) is 0. The molecule has 0 aliphatic heterocycles. The Morgan fingerprint density at radius 1 is 1.00 bits per heavy atom. The predicted octanol–water partition coefficient (Wildman–Crippen LogP) is 4.46. The number of halogens is 2. The molecule has 0 spiro atoms. The van der Waals surface area contributed by atoms with Crippen LogP contribution in [0.25, 0.3) is 0 Å². The lowest BCUT2D eigenvalue weighted by molar-refractivity contribution is 0.102. The summed E-state index contributed by atoms with van der Waals surface area (Å²) in [5, 5.41) is 3.79. The SMILES string of the molecule is O=C(Nc1ccccc1)c1ccc(=O)n(Cc2ccc(Cl)cc2Cl)c1. The average molecular weight is 373 g/mol. The maximum Gasteiger partial charge on any atom is 0.257 e. The van der Waals surface area contributed by atoms with Crippen molar-refractivity contribution in [2.75, 3.05) is 5.32 Å². The monoisotopic (exact) mass is 372 g/mol. The van der Waals surface area contributed by atoms with Gasteiger partial charge in [0.1, 0.15) is 0 Å². The molecule has 0 atom stereocenters. The number of nitrogens with one attached hydrogen (secondary N) is 1. The fourth-order valence-electron chi connectivity index (χ4n) is 2.35. The molecule has 1 amide bonds. The number of aromatic nitrogens is 1. The van der Waals surface area contributed by atoms with E-state index in [2.05, 4.69) is 5.32 Å². The molecule has 1 N–H and O–H groups in total. The van der Waals surface area contributed by atoms with Gasteiger partial charge < -0.3 is 9.88 Å². The highest BCUT2D eigenvalue weighted by molar-refractivity contribution is 6.35. The molecular weight excluding hydrogens is 359 g/mol. The minimum atomic E-state index is -0.290. The lowest BCUT2D eigenvalue weighted by atomic mass is 10.2. The molecule has 0 saturated carbocycles.